The number of rotatable bonds is 2. The standard InChI is InChI=1S/C10H9BrN2O3/c11-8-1-6(2-9(4-8)13(15)16)7-3-10(14)12-5-7/h1-2,4,7H,3,5H2,(H,12,14). The minimum atomic E-state index is -0.432. The highest BCUT2D eigenvalue weighted by Crippen LogP contribution is 2.29. The molecule has 1 fully saturated rings. The van der Waals surface area contributed by atoms with E-state index in [1.807, 2.05) is 6.07 Å². The van der Waals surface area contributed by atoms with Crippen LogP contribution in [0.25, 0.3) is 0 Å². The predicted octanol–water partition coefficient (Wildman–Crippen LogP) is 1.96. The molecule has 1 heterocycles. The first-order valence-electron chi connectivity index (χ1n) is 4.78. The van der Waals surface area contributed by atoms with Crippen LogP contribution in [0.1, 0.15) is 17.9 Å². The highest BCUT2D eigenvalue weighted by molar-refractivity contribution is 9.10. The van der Waals surface area contributed by atoms with Gasteiger partial charge in [0.15, 0.2) is 0 Å². The summed E-state index contributed by atoms with van der Waals surface area (Å²) in [6, 6.07) is 4.79. The Morgan fingerprint density at radius 2 is 2.19 bits per heavy atom. The Kier molecular flexibility index (Phi) is 2.91. The van der Waals surface area contributed by atoms with Crippen molar-refractivity contribution in [1.29, 1.82) is 0 Å². The maximum Gasteiger partial charge on any atom is 0.270 e. The van der Waals surface area contributed by atoms with Crippen molar-refractivity contribution in [2.75, 3.05) is 6.54 Å². The van der Waals surface area contributed by atoms with Gasteiger partial charge in [-0.05, 0) is 11.6 Å². The summed E-state index contributed by atoms with van der Waals surface area (Å²) in [7, 11) is 0. The molecule has 1 N–H and O–H groups in total. The lowest BCUT2D eigenvalue weighted by molar-refractivity contribution is -0.385. The lowest BCUT2D eigenvalue weighted by atomic mass is 9.98. The largest absolute Gasteiger partial charge is 0.355 e. The van der Waals surface area contributed by atoms with Gasteiger partial charge < -0.3 is 5.32 Å². The van der Waals surface area contributed by atoms with Gasteiger partial charge in [-0.25, -0.2) is 0 Å². The molecule has 0 radical (unpaired) electrons. The summed E-state index contributed by atoms with van der Waals surface area (Å²) < 4.78 is 0.663. The number of hydrogen-bond acceptors (Lipinski definition) is 3. The van der Waals surface area contributed by atoms with Crippen molar-refractivity contribution in [1.82, 2.24) is 5.32 Å². The zero-order chi connectivity index (χ0) is 11.7. The number of halogens is 1. The molecule has 0 saturated carbocycles. The second-order valence-corrected chi connectivity index (χ2v) is 4.62. The predicted molar refractivity (Wildman–Crippen MR) is 61.2 cm³/mol. The number of non-ortho nitro benzene ring substituents is 1. The second kappa shape index (κ2) is 4.21. The van der Waals surface area contributed by atoms with Crippen LogP contribution in [0.5, 0.6) is 0 Å². The van der Waals surface area contributed by atoms with Gasteiger partial charge in [0.2, 0.25) is 5.91 Å². The summed E-state index contributed by atoms with van der Waals surface area (Å²) in [6.45, 7) is 0.548. The molecule has 0 bridgehead atoms. The number of nitro groups is 1. The number of nitro benzene ring substituents is 1. The molecule has 1 atom stereocenters. The van der Waals surface area contributed by atoms with Crippen LogP contribution in [-0.2, 0) is 4.79 Å². The first-order valence-corrected chi connectivity index (χ1v) is 5.57. The third kappa shape index (κ3) is 2.21. The fraction of sp³-hybridized carbons (Fsp3) is 0.300. The van der Waals surface area contributed by atoms with Gasteiger partial charge in [0.05, 0.1) is 4.92 Å². The van der Waals surface area contributed by atoms with E-state index >= 15 is 0 Å². The van der Waals surface area contributed by atoms with Crippen LogP contribution in [0, 0.1) is 10.1 Å². The van der Waals surface area contributed by atoms with Crippen LogP contribution in [0.15, 0.2) is 22.7 Å². The molecule has 1 aromatic rings. The number of hydrogen-bond donors (Lipinski definition) is 1. The normalized spacial score (nSPS) is 19.6. The van der Waals surface area contributed by atoms with Crippen molar-refractivity contribution in [2.45, 2.75) is 12.3 Å². The number of amides is 1. The van der Waals surface area contributed by atoms with Crippen molar-refractivity contribution < 1.29 is 9.72 Å². The molecule has 2 rings (SSSR count). The van der Waals surface area contributed by atoms with E-state index in [4.69, 9.17) is 0 Å². The van der Waals surface area contributed by atoms with E-state index in [1.54, 1.807) is 0 Å². The molecule has 5 nitrogen and oxygen atoms in total. The fourth-order valence-electron chi connectivity index (χ4n) is 1.78. The Hall–Kier alpha value is -1.43. The van der Waals surface area contributed by atoms with Gasteiger partial charge in [-0.3, -0.25) is 14.9 Å². The summed E-state index contributed by atoms with van der Waals surface area (Å²) in [4.78, 5) is 21.3. The topological polar surface area (TPSA) is 72.2 Å². The van der Waals surface area contributed by atoms with Crippen molar-refractivity contribution >= 4 is 27.5 Å². The number of nitrogens with one attached hydrogen (secondary N) is 1. The molecule has 16 heavy (non-hydrogen) atoms. The smallest absolute Gasteiger partial charge is 0.270 e. The molecule has 1 unspecified atom stereocenters. The van der Waals surface area contributed by atoms with Gasteiger partial charge in [0.25, 0.3) is 5.69 Å². The second-order valence-electron chi connectivity index (χ2n) is 3.70. The minimum Gasteiger partial charge on any atom is -0.355 e. The molecule has 6 heteroatoms. The van der Waals surface area contributed by atoms with Gasteiger partial charge in [-0.2, -0.15) is 0 Å². The van der Waals surface area contributed by atoms with Gasteiger partial charge >= 0.3 is 0 Å². The Morgan fingerprint density at radius 1 is 1.44 bits per heavy atom. The first kappa shape index (κ1) is 11.1. The molecule has 0 aromatic heterocycles. The van der Waals surface area contributed by atoms with Gasteiger partial charge in [0.1, 0.15) is 0 Å². The van der Waals surface area contributed by atoms with E-state index in [0.29, 0.717) is 17.4 Å². The fourth-order valence-corrected chi connectivity index (χ4v) is 2.28. The third-order valence-corrected chi connectivity index (χ3v) is 3.02. The number of nitrogens with zero attached hydrogens (tertiary/aromatic N) is 1. The highest BCUT2D eigenvalue weighted by atomic mass is 79.9. The monoisotopic (exact) mass is 284 g/mol. The van der Waals surface area contributed by atoms with E-state index < -0.39 is 4.92 Å². The maximum absolute atomic E-state index is 11.1. The van der Waals surface area contributed by atoms with Crippen LogP contribution in [0.2, 0.25) is 0 Å². The van der Waals surface area contributed by atoms with Crippen LogP contribution < -0.4 is 5.32 Å². The lowest BCUT2D eigenvalue weighted by Gasteiger charge is -2.07. The van der Waals surface area contributed by atoms with Gasteiger partial charge in [-0.1, -0.05) is 15.9 Å². The summed E-state index contributed by atoms with van der Waals surface area (Å²) in [5.41, 5.74) is 0.864. The third-order valence-electron chi connectivity index (χ3n) is 2.56. The number of carbonyl (C=O) groups excluding carboxylic acids is 1. The SMILES string of the molecule is O=C1CC(c2cc(Br)cc([N+](=O)[O-])c2)CN1. The van der Waals surface area contributed by atoms with Crippen molar-refractivity contribution in [3.05, 3.63) is 38.3 Å². The maximum atomic E-state index is 11.1. The van der Waals surface area contributed by atoms with E-state index in [1.165, 1.54) is 12.1 Å². The molecule has 1 aromatic carbocycles. The molecule has 1 saturated heterocycles. The number of benzene rings is 1. The van der Waals surface area contributed by atoms with Crippen molar-refractivity contribution in [3.8, 4) is 0 Å². The summed E-state index contributed by atoms with van der Waals surface area (Å²) in [5, 5.41) is 13.4. The minimum absolute atomic E-state index is 0.00683. The molecular weight excluding hydrogens is 276 g/mol. The van der Waals surface area contributed by atoms with Crippen LogP contribution in [-0.4, -0.2) is 17.4 Å². The average molecular weight is 285 g/mol. The Labute approximate surface area is 100 Å². The van der Waals surface area contributed by atoms with Gasteiger partial charge in [-0.15, -0.1) is 0 Å². The zero-order valence-electron chi connectivity index (χ0n) is 8.27. The van der Waals surface area contributed by atoms with E-state index in [2.05, 4.69) is 21.2 Å². The quantitative estimate of drug-likeness (QED) is 0.667. The highest BCUT2D eigenvalue weighted by Gasteiger charge is 2.24. The van der Waals surface area contributed by atoms with E-state index in [0.717, 1.165) is 5.56 Å². The van der Waals surface area contributed by atoms with E-state index in [9.17, 15) is 14.9 Å². The van der Waals surface area contributed by atoms with Crippen LogP contribution >= 0.6 is 15.9 Å². The Bertz CT molecular complexity index is 461. The molecule has 1 amide bonds. The Balaban J connectivity index is 2.34. The van der Waals surface area contributed by atoms with E-state index in [-0.39, 0.29) is 17.5 Å². The van der Waals surface area contributed by atoms with Crippen LogP contribution in [0.4, 0.5) is 5.69 Å². The summed E-state index contributed by atoms with van der Waals surface area (Å²) in [5.74, 6) is 0.0244. The van der Waals surface area contributed by atoms with Crippen molar-refractivity contribution in [3.63, 3.8) is 0 Å². The molecule has 84 valence electrons. The molecule has 0 spiro atoms. The van der Waals surface area contributed by atoms with Gasteiger partial charge in [0, 0.05) is 35.5 Å². The average Bonchev–Trinajstić information content (AvgIpc) is 2.64. The molecule has 1 aliphatic heterocycles. The van der Waals surface area contributed by atoms with Crippen LogP contribution in [0.3, 0.4) is 0 Å². The zero-order valence-corrected chi connectivity index (χ0v) is 9.86. The number of carbonyl (C=O) groups is 1. The lowest BCUT2D eigenvalue weighted by Crippen LogP contribution is -2.13. The molecule has 0 aliphatic carbocycles. The molecule has 1 aliphatic rings. The van der Waals surface area contributed by atoms with Crippen molar-refractivity contribution in [2.24, 2.45) is 0 Å². The Morgan fingerprint density at radius 3 is 2.75 bits per heavy atom. The first-order chi connectivity index (χ1) is 7.56. The molecular formula is C10H9BrN2O3. The summed E-state index contributed by atoms with van der Waals surface area (Å²) in [6.07, 6.45) is 0.396. The summed E-state index contributed by atoms with van der Waals surface area (Å²) >= 11 is 3.23.